The van der Waals surface area contributed by atoms with Crippen molar-refractivity contribution in [3.8, 4) is 4.90 Å². The second-order valence-corrected chi connectivity index (χ2v) is 7.80. The van der Waals surface area contributed by atoms with E-state index in [2.05, 4.69) is 79.7 Å². The number of fused-ring (bicyclic) bond motifs is 3. The van der Waals surface area contributed by atoms with Crippen LogP contribution in [0.5, 0.6) is 0 Å². The second-order valence-electron chi connectivity index (χ2n) is 5.84. The van der Waals surface area contributed by atoms with Crippen LogP contribution in [0.4, 0.5) is 0 Å². The number of thiophene rings is 1. The van der Waals surface area contributed by atoms with Gasteiger partial charge in [0.05, 0.1) is 0 Å². The molecule has 0 aliphatic rings. The molecule has 0 radical (unpaired) electrons. The smallest absolute Gasteiger partial charge is 0.187 e. The topological polar surface area (TPSA) is 20.2 Å². The summed E-state index contributed by atoms with van der Waals surface area (Å²) in [6, 6.07) is 26.6. The number of rotatable bonds is 2. The Balaban J connectivity index is 0.000000361. The van der Waals surface area contributed by atoms with Gasteiger partial charge < -0.3 is 5.11 Å². The van der Waals surface area contributed by atoms with Gasteiger partial charge in [0.2, 0.25) is 0 Å². The average molecular weight is 366 g/mol. The molecule has 4 aromatic rings. The first-order valence-electron chi connectivity index (χ1n) is 9.36. The van der Waals surface area contributed by atoms with Crippen LogP contribution in [0.3, 0.4) is 0 Å². The highest BCUT2D eigenvalue weighted by molar-refractivity contribution is 7.50. The van der Waals surface area contributed by atoms with E-state index in [4.69, 9.17) is 5.11 Å². The Morgan fingerprint density at radius 1 is 0.731 bits per heavy atom. The summed E-state index contributed by atoms with van der Waals surface area (Å²) in [5.74, 6) is 0. The summed E-state index contributed by atoms with van der Waals surface area (Å²) < 4.78 is 2.91. The number of aliphatic hydroxyl groups is 1. The van der Waals surface area contributed by atoms with E-state index < -0.39 is 0 Å². The van der Waals surface area contributed by atoms with Crippen molar-refractivity contribution in [2.24, 2.45) is 0 Å². The fourth-order valence-corrected chi connectivity index (χ4v) is 5.16. The first kappa shape index (κ1) is 20.2. The van der Waals surface area contributed by atoms with Crippen molar-refractivity contribution in [2.45, 2.75) is 34.1 Å². The molecule has 0 atom stereocenters. The van der Waals surface area contributed by atoms with Crippen molar-refractivity contribution in [1.82, 2.24) is 0 Å². The van der Waals surface area contributed by atoms with Crippen LogP contribution in [-0.2, 0) is 0 Å². The highest BCUT2D eigenvalue weighted by atomic mass is 32.2. The lowest BCUT2D eigenvalue weighted by Crippen LogP contribution is -1.72. The Hall–Kier alpha value is -2.16. The Labute approximate surface area is 159 Å². The highest BCUT2D eigenvalue weighted by Crippen LogP contribution is 2.47. The molecule has 0 aliphatic carbocycles. The predicted octanol–water partition coefficient (Wildman–Crippen LogP) is 7.45. The maximum atomic E-state index is 7.88. The third-order valence-corrected chi connectivity index (χ3v) is 6.32. The third-order valence-electron chi connectivity index (χ3n) is 3.98. The maximum Gasteiger partial charge on any atom is 0.187 e. The van der Waals surface area contributed by atoms with Crippen molar-refractivity contribution in [1.29, 1.82) is 0 Å². The number of aryl methyl sites for hydroxylation is 1. The van der Waals surface area contributed by atoms with Crippen LogP contribution < -0.4 is 0 Å². The summed E-state index contributed by atoms with van der Waals surface area (Å²) in [5, 5.41) is 10.7. The molecule has 1 aromatic heterocycles. The first-order valence-corrected chi connectivity index (χ1v) is 10.6. The zero-order chi connectivity index (χ0) is 18.9. The van der Waals surface area contributed by atoms with E-state index in [0.717, 1.165) is 6.42 Å². The van der Waals surface area contributed by atoms with Crippen LogP contribution in [0.15, 0.2) is 72.8 Å². The number of benzene rings is 3. The van der Waals surface area contributed by atoms with Crippen LogP contribution in [0.1, 0.15) is 32.8 Å². The van der Waals surface area contributed by atoms with Gasteiger partial charge in [-0.05, 0) is 49.7 Å². The van der Waals surface area contributed by atoms with Crippen molar-refractivity contribution >= 4 is 30.6 Å². The molecule has 0 saturated carbocycles. The fraction of sp³-hybridized carbons (Fsp3) is 0.250. The molecule has 136 valence electrons. The van der Waals surface area contributed by atoms with Gasteiger partial charge in [-0.15, -0.1) is 0 Å². The fourth-order valence-electron chi connectivity index (χ4n) is 2.78. The third kappa shape index (κ3) is 4.32. The summed E-state index contributed by atoms with van der Waals surface area (Å²) in [5.41, 5.74) is 1.32. The quantitative estimate of drug-likeness (QED) is 0.366. The van der Waals surface area contributed by atoms with Crippen LogP contribution in [0.25, 0.3) is 25.1 Å². The molecule has 1 heterocycles. The van der Waals surface area contributed by atoms with E-state index >= 15 is 0 Å². The van der Waals surface area contributed by atoms with Crippen LogP contribution in [-0.4, -0.2) is 11.7 Å². The number of hydrogen-bond donors (Lipinski definition) is 1. The summed E-state index contributed by atoms with van der Waals surface area (Å²) in [6.07, 6.45) is 0.875. The van der Waals surface area contributed by atoms with E-state index in [1.165, 1.54) is 30.6 Å². The van der Waals surface area contributed by atoms with Crippen molar-refractivity contribution < 1.29 is 5.11 Å². The van der Waals surface area contributed by atoms with Gasteiger partial charge in [-0.3, -0.25) is 0 Å². The van der Waals surface area contributed by atoms with Gasteiger partial charge in [-0.2, -0.15) is 0 Å². The standard InChI is InChI=1S/C19H15S.C3H8O.C2H6/c1-14-10-12-15(13-11-14)20-18-8-4-2-6-16(18)17-7-3-5-9-19(17)20;1-2-3-4;1-2/h2-13H,1H3;4H,2-3H2,1H3;1-2H3/q+1;;. The average Bonchev–Trinajstić information content (AvgIpc) is 3.05. The van der Waals surface area contributed by atoms with E-state index in [-0.39, 0.29) is 10.5 Å². The molecular weight excluding hydrogens is 336 g/mol. The minimum Gasteiger partial charge on any atom is -0.396 e. The molecule has 3 aromatic carbocycles. The summed E-state index contributed by atoms with van der Waals surface area (Å²) in [4.78, 5) is 1.41. The summed E-state index contributed by atoms with van der Waals surface area (Å²) in [7, 11) is 0.0512. The molecular formula is C24H29OS+. The van der Waals surface area contributed by atoms with E-state index in [1.807, 2.05) is 20.8 Å². The molecule has 2 heteroatoms. The van der Waals surface area contributed by atoms with Crippen LogP contribution in [0.2, 0.25) is 0 Å². The maximum absolute atomic E-state index is 7.88. The Bertz CT molecular complexity index is 880. The lowest BCUT2D eigenvalue weighted by molar-refractivity contribution is 0.295. The number of hydrogen-bond acceptors (Lipinski definition) is 1. The minimum absolute atomic E-state index is 0.0512. The molecule has 0 fully saturated rings. The normalized spacial score (nSPS) is 10.0. The van der Waals surface area contributed by atoms with Gasteiger partial charge >= 0.3 is 0 Å². The van der Waals surface area contributed by atoms with Crippen LogP contribution in [0, 0.1) is 6.92 Å². The summed E-state index contributed by atoms with van der Waals surface area (Å²) in [6.45, 7) is 8.39. The van der Waals surface area contributed by atoms with Gasteiger partial charge in [-0.25, -0.2) is 0 Å². The first-order chi connectivity index (χ1) is 12.8. The van der Waals surface area contributed by atoms with E-state index in [0.29, 0.717) is 6.61 Å². The molecule has 0 bridgehead atoms. The van der Waals surface area contributed by atoms with Gasteiger partial charge in [0.1, 0.15) is 0 Å². The van der Waals surface area contributed by atoms with Gasteiger partial charge in [0.25, 0.3) is 0 Å². The Morgan fingerprint density at radius 3 is 1.58 bits per heavy atom. The molecule has 26 heavy (non-hydrogen) atoms. The van der Waals surface area contributed by atoms with Gasteiger partial charge in [0.15, 0.2) is 14.3 Å². The zero-order valence-electron chi connectivity index (χ0n) is 16.2. The van der Waals surface area contributed by atoms with Crippen molar-refractivity contribution in [3.05, 3.63) is 78.4 Å². The second kappa shape index (κ2) is 10.1. The highest BCUT2D eigenvalue weighted by Gasteiger charge is 2.22. The molecule has 0 amide bonds. The van der Waals surface area contributed by atoms with Gasteiger partial charge in [0, 0.05) is 27.8 Å². The molecule has 0 aliphatic heterocycles. The molecule has 0 unspecified atom stereocenters. The van der Waals surface area contributed by atoms with Crippen molar-refractivity contribution in [2.75, 3.05) is 6.61 Å². The van der Waals surface area contributed by atoms with Gasteiger partial charge in [-0.1, -0.05) is 62.7 Å². The molecule has 0 spiro atoms. The lowest BCUT2D eigenvalue weighted by atomic mass is 10.2. The monoisotopic (exact) mass is 365 g/mol. The zero-order valence-corrected chi connectivity index (χ0v) is 17.0. The lowest BCUT2D eigenvalue weighted by Gasteiger charge is -1.94. The predicted molar refractivity (Wildman–Crippen MR) is 119 cm³/mol. The van der Waals surface area contributed by atoms with Crippen LogP contribution >= 0.6 is 10.5 Å². The molecule has 1 nitrogen and oxygen atoms in total. The largest absolute Gasteiger partial charge is 0.396 e. The SMILES string of the molecule is CC.CCCO.Cc1ccc(-[s+]2c3ccccc3c3ccccc32)cc1. The van der Waals surface area contributed by atoms with E-state index in [9.17, 15) is 0 Å². The number of aliphatic hydroxyl groups excluding tert-OH is 1. The summed E-state index contributed by atoms with van der Waals surface area (Å²) >= 11 is 0. The molecule has 0 saturated heterocycles. The molecule has 1 N–H and O–H groups in total. The Kier molecular flexibility index (Phi) is 7.83. The van der Waals surface area contributed by atoms with Crippen molar-refractivity contribution in [3.63, 3.8) is 0 Å². The molecule has 4 rings (SSSR count). The van der Waals surface area contributed by atoms with E-state index in [1.54, 1.807) is 0 Å². The minimum atomic E-state index is 0.0512. The Morgan fingerprint density at radius 2 is 1.15 bits per heavy atom.